The summed E-state index contributed by atoms with van der Waals surface area (Å²) < 4.78 is 0. The van der Waals surface area contributed by atoms with Gasteiger partial charge in [-0.2, -0.15) is 0 Å². The largest absolute Gasteiger partial charge is 0.480 e. The molecule has 0 aliphatic rings. The van der Waals surface area contributed by atoms with E-state index in [2.05, 4.69) is 10.3 Å². The fourth-order valence-electron chi connectivity index (χ4n) is 1.53. The second-order valence-corrected chi connectivity index (χ2v) is 4.97. The number of aryl methyl sites for hydroxylation is 1. The maximum absolute atomic E-state index is 11.7. The van der Waals surface area contributed by atoms with Crippen molar-refractivity contribution in [3.63, 3.8) is 0 Å². The van der Waals surface area contributed by atoms with Crippen LogP contribution in [-0.4, -0.2) is 28.0 Å². The number of hydrogen-bond donors (Lipinski definition) is 2. The predicted octanol–water partition coefficient (Wildman–Crippen LogP) is 1.69. The highest BCUT2D eigenvalue weighted by Gasteiger charge is 2.24. The second-order valence-electron chi connectivity index (χ2n) is 4.25. The molecule has 0 saturated carbocycles. The van der Waals surface area contributed by atoms with Gasteiger partial charge in [-0.05, 0) is 12.3 Å². The molecule has 18 heavy (non-hydrogen) atoms. The lowest BCUT2D eigenvalue weighted by atomic mass is 9.99. The molecule has 5 nitrogen and oxygen atoms in total. The van der Waals surface area contributed by atoms with Crippen LogP contribution in [0, 0.1) is 5.92 Å². The van der Waals surface area contributed by atoms with E-state index in [1.54, 1.807) is 5.51 Å². The van der Waals surface area contributed by atoms with Crippen LogP contribution >= 0.6 is 11.3 Å². The molecule has 1 rings (SSSR count). The molecule has 0 fully saturated rings. The molecular formula is C12H18N2O3S. The molecule has 0 bridgehead atoms. The fraction of sp³-hybridized carbons (Fsp3) is 0.583. The van der Waals surface area contributed by atoms with Crippen LogP contribution < -0.4 is 5.32 Å². The first-order valence-corrected chi connectivity index (χ1v) is 6.88. The van der Waals surface area contributed by atoms with E-state index in [0.717, 1.165) is 5.69 Å². The van der Waals surface area contributed by atoms with Gasteiger partial charge in [0.15, 0.2) is 0 Å². The van der Waals surface area contributed by atoms with E-state index < -0.39 is 12.0 Å². The van der Waals surface area contributed by atoms with Gasteiger partial charge in [-0.1, -0.05) is 20.3 Å². The lowest BCUT2D eigenvalue weighted by Crippen LogP contribution is -2.45. The molecule has 2 N–H and O–H groups in total. The van der Waals surface area contributed by atoms with E-state index in [0.29, 0.717) is 12.8 Å². The molecule has 0 aliphatic carbocycles. The third kappa shape index (κ3) is 4.44. The van der Waals surface area contributed by atoms with Gasteiger partial charge in [-0.15, -0.1) is 11.3 Å². The maximum Gasteiger partial charge on any atom is 0.326 e. The Hall–Kier alpha value is -1.43. The van der Waals surface area contributed by atoms with Crippen LogP contribution in [0.1, 0.15) is 32.4 Å². The van der Waals surface area contributed by atoms with Crippen LogP contribution in [-0.2, 0) is 16.0 Å². The monoisotopic (exact) mass is 270 g/mol. The molecule has 1 aromatic heterocycles. The molecule has 1 heterocycles. The van der Waals surface area contributed by atoms with Gasteiger partial charge in [0.05, 0.1) is 11.2 Å². The smallest absolute Gasteiger partial charge is 0.326 e. The van der Waals surface area contributed by atoms with Crippen molar-refractivity contribution in [2.75, 3.05) is 0 Å². The van der Waals surface area contributed by atoms with Gasteiger partial charge in [0.1, 0.15) is 6.04 Å². The normalized spacial score (nSPS) is 13.9. The van der Waals surface area contributed by atoms with Crippen molar-refractivity contribution in [3.8, 4) is 0 Å². The third-order valence-corrected chi connectivity index (χ3v) is 3.52. The number of nitrogens with zero attached hydrogens (tertiary/aromatic N) is 1. The van der Waals surface area contributed by atoms with Gasteiger partial charge < -0.3 is 10.4 Å². The number of carbonyl (C=O) groups is 2. The average molecular weight is 270 g/mol. The zero-order chi connectivity index (χ0) is 13.5. The van der Waals surface area contributed by atoms with Gasteiger partial charge in [0.2, 0.25) is 5.91 Å². The van der Waals surface area contributed by atoms with Crippen molar-refractivity contribution in [1.29, 1.82) is 0 Å². The molecule has 0 spiro atoms. The SMILES string of the molecule is CC[C@H](C)[C@H](NC(=O)CCc1cscn1)C(=O)O. The Balaban J connectivity index is 2.44. The number of aliphatic carboxylic acids is 1. The van der Waals surface area contributed by atoms with Crippen LogP contribution in [0.5, 0.6) is 0 Å². The highest BCUT2D eigenvalue weighted by molar-refractivity contribution is 7.07. The standard InChI is InChI=1S/C12H18N2O3S/c1-3-8(2)11(12(16)17)14-10(15)5-4-9-6-18-7-13-9/h6-8,11H,3-5H2,1-2H3,(H,14,15)(H,16,17)/t8-,11-/m0/s1. The molecule has 0 aliphatic heterocycles. The van der Waals surface area contributed by atoms with E-state index in [4.69, 9.17) is 5.11 Å². The zero-order valence-electron chi connectivity index (χ0n) is 10.5. The van der Waals surface area contributed by atoms with Crippen LogP contribution in [0.4, 0.5) is 0 Å². The summed E-state index contributed by atoms with van der Waals surface area (Å²) in [6.07, 6.45) is 1.52. The minimum atomic E-state index is -0.980. The van der Waals surface area contributed by atoms with Crippen LogP contribution in [0.15, 0.2) is 10.9 Å². The number of carbonyl (C=O) groups excluding carboxylic acids is 1. The van der Waals surface area contributed by atoms with E-state index in [-0.39, 0.29) is 18.2 Å². The summed E-state index contributed by atoms with van der Waals surface area (Å²) in [5.74, 6) is -1.30. The summed E-state index contributed by atoms with van der Waals surface area (Å²) in [7, 11) is 0. The Morgan fingerprint density at radius 1 is 1.56 bits per heavy atom. The fourth-order valence-corrected chi connectivity index (χ4v) is 2.12. The Kier molecular flexibility index (Phi) is 5.77. The lowest BCUT2D eigenvalue weighted by molar-refractivity contribution is -0.143. The Morgan fingerprint density at radius 2 is 2.28 bits per heavy atom. The van der Waals surface area contributed by atoms with Crippen LogP contribution in [0.2, 0.25) is 0 Å². The van der Waals surface area contributed by atoms with Gasteiger partial charge in [-0.3, -0.25) is 4.79 Å². The van der Waals surface area contributed by atoms with E-state index in [9.17, 15) is 9.59 Å². The third-order valence-electron chi connectivity index (χ3n) is 2.89. The molecule has 0 aromatic carbocycles. The van der Waals surface area contributed by atoms with Crippen molar-refractivity contribution in [2.45, 2.75) is 39.2 Å². The van der Waals surface area contributed by atoms with E-state index in [1.165, 1.54) is 11.3 Å². The number of aromatic nitrogens is 1. The summed E-state index contributed by atoms with van der Waals surface area (Å²) >= 11 is 1.48. The molecule has 1 amide bonds. The molecule has 0 saturated heterocycles. The number of rotatable bonds is 7. The molecule has 6 heteroatoms. The van der Waals surface area contributed by atoms with Crippen molar-refractivity contribution in [2.24, 2.45) is 5.92 Å². The maximum atomic E-state index is 11.7. The molecule has 1 aromatic rings. The minimum Gasteiger partial charge on any atom is -0.480 e. The number of hydrogen-bond acceptors (Lipinski definition) is 4. The van der Waals surface area contributed by atoms with Gasteiger partial charge in [0.25, 0.3) is 0 Å². The molecule has 0 unspecified atom stereocenters. The highest BCUT2D eigenvalue weighted by Crippen LogP contribution is 2.09. The first-order valence-electron chi connectivity index (χ1n) is 5.93. The van der Waals surface area contributed by atoms with Crippen molar-refractivity contribution < 1.29 is 14.7 Å². The Bertz CT molecular complexity index is 392. The van der Waals surface area contributed by atoms with Gasteiger partial charge >= 0.3 is 5.97 Å². The Labute approximate surface area is 110 Å². The molecule has 2 atom stereocenters. The molecular weight excluding hydrogens is 252 g/mol. The summed E-state index contributed by atoms with van der Waals surface area (Å²) in [4.78, 5) is 26.8. The molecule has 0 radical (unpaired) electrons. The topological polar surface area (TPSA) is 79.3 Å². The number of carboxylic acids is 1. The first kappa shape index (κ1) is 14.6. The summed E-state index contributed by atoms with van der Waals surface area (Å²) in [6.45, 7) is 3.72. The number of carboxylic acid groups (broad SMARTS) is 1. The van der Waals surface area contributed by atoms with Crippen molar-refractivity contribution >= 4 is 23.2 Å². The van der Waals surface area contributed by atoms with E-state index in [1.807, 2.05) is 19.2 Å². The number of nitrogens with one attached hydrogen (secondary N) is 1. The van der Waals surface area contributed by atoms with Crippen LogP contribution in [0.3, 0.4) is 0 Å². The van der Waals surface area contributed by atoms with Gasteiger partial charge in [0, 0.05) is 11.8 Å². The first-order chi connectivity index (χ1) is 8.54. The summed E-state index contributed by atoms with van der Waals surface area (Å²) in [5.41, 5.74) is 2.58. The zero-order valence-corrected chi connectivity index (χ0v) is 11.4. The van der Waals surface area contributed by atoms with E-state index >= 15 is 0 Å². The quantitative estimate of drug-likeness (QED) is 0.790. The predicted molar refractivity (Wildman–Crippen MR) is 69.5 cm³/mol. The minimum absolute atomic E-state index is 0.0780. The van der Waals surface area contributed by atoms with Crippen LogP contribution in [0.25, 0.3) is 0 Å². The average Bonchev–Trinajstić information content (AvgIpc) is 2.85. The summed E-state index contributed by atoms with van der Waals surface area (Å²) in [5, 5.41) is 13.5. The van der Waals surface area contributed by atoms with Gasteiger partial charge in [-0.25, -0.2) is 9.78 Å². The highest BCUT2D eigenvalue weighted by atomic mass is 32.1. The molecule has 100 valence electrons. The second kappa shape index (κ2) is 7.10. The number of amides is 1. The van der Waals surface area contributed by atoms with Crippen molar-refractivity contribution in [1.82, 2.24) is 10.3 Å². The summed E-state index contributed by atoms with van der Waals surface area (Å²) in [6, 6.07) is -0.807. The Morgan fingerprint density at radius 3 is 2.78 bits per heavy atom. The number of thiazole rings is 1. The van der Waals surface area contributed by atoms with Crippen molar-refractivity contribution in [3.05, 3.63) is 16.6 Å². The lowest BCUT2D eigenvalue weighted by Gasteiger charge is -2.19.